The van der Waals surface area contributed by atoms with E-state index < -0.39 is 21.9 Å². The zero-order valence-corrected chi connectivity index (χ0v) is 17.2. The molecule has 0 spiro atoms. The molecule has 0 aliphatic carbocycles. The molecule has 2 nitrogen and oxygen atoms in total. The Balaban J connectivity index is 2.66. The largest absolute Gasteiger partial charge is 0.340 e. The lowest BCUT2D eigenvalue weighted by Gasteiger charge is -2.16. The van der Waals surface area contributed by atoms with E-state index >= 15 is 0 Å². The number of hydrogen-bond donors (Lipinski definition) is 0. The molecule has 0 aromatic carbocycles. The molecule has 1 fully saturated rings. The van der Waals surface area contributed by atoms with Crippen LogP contribution in [0.1, 0.15) is 13.8 Å². The lowest BCUT2D eigenvalue weighted by atomic mass is 10.2. The van der Waals surface area contributed by atoms with Crippen LogP contribution in [0.4, 0.5) is 0 Å². The second-order valence-electron chi connectivity index (χ2n) is 8.95. The van der Waals surface area contributed by atoms with Crippen molar-refractivity contribution in [1.29, 1.82) is 0 Å². The van der Waals surface area contributed by atoms with Gasteiger partial charge in [0.1, 0.15) is 12.2 Å². The van der Waals surface area contributed by atoms with E-state index in [1.54, 1.807) is 0 Å². The zero-order valence-electron chi connectivity index (χ0n) is 15.2. The van der Waals surface area contributed by atoms with Gasteiger partial charge in [-0.1, -0.05) is 63.6 Å². The highest BCUT2D eigenvalue weighted by Crippen LogP contribution is 2.30. The third-order valence-electron chi connectivity index (χ3n) is 3.28. The maximum atomic E-state index is 6.03. The van der Waals surface area contributed by atoms with E-state index in [4.69, 9.17) is 9.47 Å². The molecule has 2 atom stereocenters. The summed E-state index contributed by atoms with van der Waals surface area (Å²) in [6, 6.07) is 2.39. The average molecular weight is 327 g/mol. The van der Waals surface area contributed by atoms with Crippen LogP contribution in [0, 0.1) is 0 Å². The van der Waals surface area contributed by atoms with Gasteiger partial charge in [-0.05, 0) is 25.9 Å². The first-order valence-corrected chi connectivity index (χ1v) is 15.5. The van der Waals surface area contributed by atoms with Gasteiger partial charge in [0, 0.05) is 16.1 Å². The van der Waals surface area contributed by atoms with Crippen LogP contribution < -0.4 is 0 Å². The van der Waals surface area contributed by atoms with Gasteiger partial charge in [-0.2, -0.15) is 0 Å². The molecule has 0 saturated carbocycles. The van der Waals surface area contributed by atoms with E-state index in [1.807, 2.05) is 13.8 Å². The highest BCUT2D eigenvalue weighted by atomic mass is 28.3. The molecule has 0 aromatic rings. The van der Waals surface area contributed by atoms with E-state index in [2.05, 4.69) is 63.6 Å². The van der Waals surface area contributed by atoms with Crippen molar-refractivity contribution in [2.45, 2.75) is 83.2 Å². The molecule has 1 aliphatic heterocycles. The van der Waals surface area contributed by atoms with Crippen LogP contribution in [0.25, 0.3) is 0 Å². The normalized spacial score (nSPS) is 27.0. The van der Waals surface area contributed by atoms with E-state index in [1.165, 1.54) is 12.1 Å². The Morgan fingerprint density at radius 3 is 1.38 bits per heavy atom. The fourth-order valence-corrected chi connectivity index (χ4v) is 3.91. The molecule has 0 bridgehead atoms. The Kier molecular flexibility index (Phi) is 6.24. The van der Waals surface area contributed by atoms with Gasteiger partial charge in [0.05, 0.1) is 0 Å². The molecular formula is C17H34O2Si2. The predicted molar refractivity (Wildman–Crippen MR) is 98.4 cm³/mol. The minimum atomic E-state index is -1.03. The fraction of sp³-hybridized carbons (Fsp3) is 0.765. The summed E-state index contributed by atoms with van der Waals surface area (Å²) in [5.74, 6) is -0.484. The van der Waals surface area contributed by atoms with Crippen LogP contribution in [-0.4, -0.2) is 34.1 Å². The van der Waals surface area contributed by atoms with Gasteiger partial charge in [-0.15, -0.1) is 0 Å². The summed E-state index contributed by atoms with van der Waals surface area (Å²) in [5, 5.41) is 0. The van der Waals surface area contributed by atoms with Gasteiger partial charge in [0.25, 0.3) is 0 Å². The van der Waals surface area contributed by atoms with E-state index in [0.717, 1.165) is 0 Å². The molecule has 0 unspecified atom stereocenters. The Bertz CT molecular complexity index is 351. The van der Waals surface area contributed by atoms with Crippen molar-refractivity contribution in [2.75, 3.05) is 0 Å². The maximum absolute atomic E-state index is 6.03. The lowest BCUT2D eigenvalue weighted by molar-refractivity contribution is -0.139. The van der Waals surface area contributed by atoms with Crippen LogP contribution in [0.2, 0.25) is 51.4 Å². The Labute approximate surface area is 133 Å². The van der Waals surface area contributed by atoms with Gasteiger partial charge in [-0.3, -0.25) is 0 Å². The van der Waals surface area contributed by atoms with Crippen molar-refractivity contribution < 1.29 is 9.47 Å². The first kappa shape index (κ1) is 18.9. The van der Waals surface area contributed by atoms with Gasteiger partial charge in [-0.25, -0.2) is 0 Å². The van der Waals surface area contributed by atoms with E-state index in [0.29, 0.717) is 0 Å². The molecule has 122 valence electrons. The van der Waals surface area contributed by atoms with Gasteiger partial charge < -0.3 is 9.47 Å². The van der Waals surface area contributed by atoms with Gasteiger partial charge in [0.2, 0.25) is 0 Å². The monoisotopic (exact) mass is 326 g/mol. The van der Waals surface area contributed by atoms with Crippen LogP contribution in [0.5, 0.6) is 0 Å². The molecule has 1 saturated heterocycles. The van der Waals surface area contributed by atoms with Crippen molar-refractivity contribution in [1.82, 2.24) is 0 Å². The number of hydrogen-bond acceptors (Lipinski definition) is 2. The zero-order chi connectivity index (χ0) is 16.3. The first-order chi connectivity index (χ1) is 9.38. The van der Waals surface area contributed by atoms with Crippen LogP contribution >= 0.6 is 0 Å². The molecule has 4 heteroatoms. The summed E-state index contributed by atoms with van der Waals surface area (Å²) in [6.45, 7) is 18.3. The van der Waals surface area contributed by atoms with E-state index in [9.17, 15) is 0 Å². The third kappa shape index (κ3) is 8.14. The fourth-order valence-electron chi connectivity index (χ4n) is 2.23. The molecule has 0 aromatic heterocycles. The summed E-state index contributed by atoms with van der Waals surface area (Å²) in [7, 11) is -2.07. The summed E-state index contributed by atoms with van der Waals surface area (Å²) < 4.78 is 12.1. The van der Waals surface area contributed by atoms with Crippen LogP contribution in [0.3, 0.4) is 0 Å². The molecular weight excluding hydrogens is 292 g/mol. The second-order valence-corrected chi connectivity index (χ2v) is 20.0. The summed E-state index contributed by atoms with van der Waals surface area (Å²) in [6.07, 6.45) is 9.10. The van der Waals surface area contributed by atoms with Gasteiger partial charge in [0.15, 0.2) is 5.79 Å². The third-order valence-corrected chi connectivity index (χ3v) is 6.20. The number of ether oxygens (including phenoxy) is 2. The Hall–Kier alpha value is -0.166. The molecule has 0 amide bonds. The highest BCUT2D eigenvalue weighted by molar-refractivity contribution is 6.76. The molecule has 0 N–H and O–H groups in total. The Morgan fingerprint density at radius 1 is 0.762 bits per heavy atom. The second kappa shape index (κ2) is 6.94. The van der Waals surface area contributed by atoms with Crippen molar-refractivity contribution in [3.8, 4) is 0 Å². The maximum Gasteiger partial charge on any atom is 0.164 e. The standard InChI is InChI=1S/C17H34O2Si2/c1-17(2)18-15(11-9-13-20(3,4)5)16(19-17)12-10-14-21(6,7)8/h9-12,15-16H,13-14H2,1-8H3/b11-9+,12-10+/t15-,16-/m0/s1. The topological polar surface area (TPSA) is 18.5 Å². The minimum absolute atomic E-state index is 0.0502. The predicted octanol–water partition coefficient (Wildman–Crippen LogP) is 5.30. The minimum Gasteiger partial charge on any atom is -0.340 e. The Morgan fingerprint density at radius 2 is 1.10 bits per heavy atom. The molecule has 1 heterocycles. The average Bonchev–Trinajstić information content (AvgIpc) is 2.49. The van der Waals surface area contributed by atoms with Crippen molar-refractivity contribution in [3.63, 3.8) is 0 Å². The van der Waals surface area contributed by atoms with Crippen molar-refractivity contribution in [3.05, 3.63) is 24.3 Å². The number of rotatable bonds is 6. The SMILES string of the molecule is CC1(C)O[C@@H](/C=C/C[Si](C)(C)C)[C@H](/C=C/C[Si](C)(C)C)O1. The number of allylic oxidation sites excluding steroid dienone is 2. The van der Waals surface area contributed by atoms with Crippen LogP contribution in [0.15, 0.2) is 24.3 Å². The summed E-state index contributed by atoms with van der Waals surface area (Å²) in [4.78, 5) is 0. The molecule has 1 aliphatic rings. The molecule has 21 heavy (non-hydrogen) atoms. The quantitative estimate of drug-likeness (QED) is 0.487. The van der Waals surface area contributed by atoms with Crippen molar-refractivity contribution in [2.24, 2.45) is 0 Å². The lowest BCUT2D eigenvalue weighted by Crippen LogP contribution is -2.21. The highest BCUT2D eigenvalue weighted by Gasteiger charge is 2.38. The van der Waals surface area contributed by atoms with Crippen molar-refractivity contribution >= 4 is 16.1 Å². The van der Waals surface area contributed by atoms with Crippen LogP contribution in [-0.2, 0) is 9.47 Å². The molecule has 0 radical (unpaired) electrons. The smallest absolute Gasteiger partial charge is 0.164 e. The van der Waals surface area contributed by atoms with Gasteiger partial charge >= 0.3 is 0 Å². The first-order valence-electron chi connectivity index (χ1n) is 8.07. The molecule has 1 rings (SSSR count). The van der Waals surface area contributed by atoms with E-state index in [-0.39, 0.29) is 12.2 Å². The summed E-state index contributed by atoms with van der Waals surface area (Å²) in [5.41, 5.74) is 0. The summed E-state index contributed by atoms with van der Waals surface area (Å²) >= 11 is 0.